The zero-order valence-corrected chi connectivity index (χ0v) is 22.4. The number of pyridine rings is 1. The number of hydrogen-bond donors (Lipinski definition) is 2. The van der Waals surface area contributed by atoms with Gasteiger partial charge in [0.05, 0.1) is 5.69 Å². The fourth-order valence-corrected chi connectivity index (χ4v) is 3.94. The molecular formula is C32H33N3O4. The summed E-state index contributed by atoms with van der Waals surface area (Å²) in [6.07, 6.45) is 3.06. The number of rotatable bonds is 9. The lowest BCUT2D eigenvalue weighted by Gasteiger charge is -2.24. The smallest absolute Gasteiger partial charge is 0.408 e. The molecule has 0 spiro atoms. The summed E-state index contributed by atoms with van der Waals surface area (Å²) in [4.78, 5) is 30.4. The quantitative estimate of drug-likeness (QED) is 0.265. The van der Waals surface area contributed by atoms with E-state index >= 15 is 0 Å². The molecule has 1 unspecified atom stereocenters. The van der Waals surface area contributed by atoms with Gasteiger partial charge in [0.1, 0.15) is 24.0 Å². The Hall–Kier alpha value is -4.65. The SMILES string of the molecule is CC(C)(C)OC(=O)NC(Cc1ccccc1)C(=O)Nc1cc(-c2ccncc2)ccc1OCc1ccccc1. The average molecular weight is 524 g/mol. The number of aromatic nitrogens is 1. The van der Waals surface area contributed by atoms with Crippen molar-refractivity contribution in [3.8, 4) is 16.9 Å². The van der Waals surface area contributed by atoms with Crippen molar-refractivity contribution in [3.05, 3.63) is 115 Å². The summed E-state index contributed by atoms with van der Waals surface area (Å²) < 4.78 is 11.6. The van der Waals surface area contributed by atoms with Crippen LogP contribution >= 0.6 is 0 Å². The van der Waals surface area contributed by atoms with Gasteiger partial charge in [0, 0.05) is 18.8 Å². The minimum atomic E-state index is -0.881. The number of benzene rings is 3. The summed E-state index contributed by atoms with van der Waals surface area (Å²) >= 11 is 0. The Kier molecular flexibility index (Phi) is 8.94. The number of nitrogens with zero attached hydrogens (tertiary/aromatic N) is 1. The predicted molar refractivity (Wildman–Crippen MR) is 152 cm³/mol. The third kappa shape index (κ3) is 8.43. The molecule has 0 saturated carbocycles. The van der Waals surface area contributed by atoms with Crippen molar-refractivity contribution in [1.29, 1.82) is 0 Å². The maximum atomic E-state index is 13.6. The van der Waals surface area contributed by atoms with Crippen LogP contribution in [0.5, 0.6) is 5.75 Å². The highest BCUT2D eigenvalue weighted by atomic mass is 16.6. The molecule has 0 fully saturated rings. The number of amides is 2. The van der Waals surface area contributed by atoms with Gasteiger partial charge in [-0.05, 0) is 67.3 Å². The third-order valence-electron chi connectivity index (χ3n) is 5.78. The summed E-state index contributed by atoms with van der Waals surface area (Å²) in [7, 11) is 0. The van der Waals surface area contributed by atoms with Crippen molar-refractivity contribution >= 4 is 17.7 Å². The zero-order valence-electron chi connectivity index (χ0n) is 22.4. The van der Waals surface area contributed by atoms with Gasteiger partial charge in [-0.2, -0.15) is 0 Å². The lowest BCUT2D eigenvalue weighted by atomic mass is 10.0. The monoisotopic (exact) mass is 523 g/mol. The molecule has 2 N–H and O–H groups in total. The maximum absolute atomic E-state index is 13.6. The molecule has 3 aromatic carbocycles. The Morgan fingerprint density at radius 2 is 1.46 bits per heavy atom. The molecule has 0 radical (unpaired) electrons. The summed E-state index contributed by atoms with van der Waals surface area (Å²) in [5.74, 6) is 0.127. The highest BCUT2D eigenvalue weighted by Crippen LogP contribution is 2.31. The third-order valence-corrected chi connectivity index (χ3v) is 5.78. The van der Waals surface area contributed by atoms with Crippen LogP contribution in [0.3, 0.4) is 0 Å². The van der Waals surface area contributed by atoms with Crippen molar-refractivity contribution < 1.29 is 19.1 Å². The van der Waals surface area contributed by atoms with Gasteiger partial charge in [-0.25, -0.2) is 4.79 Å². The van der Waals surface area contributed by atoms with Gasteiger partial charge >= 0.3 is 6.09 Å². The highest BCUT2D eigenvalue weighted by molar-refractivity contribution is 5.98. The number of carbonyl (C=O) groups excluding carboxylic acids is 2. The topological polar surface area (TPSA) is 89.5 Å². The molecule has 200 valence electrons. The van der Waals surface area contributed by atoms with Gasteiger partial charge in [-0.3, -0.25) is 9.78 Å². The number of alkyl carbamates (subject to hydrolysis) is 1. The summed E-state index contributed by atoms with van der Waals surface area (Å²) in [5, 5.41) is 5.74. The first-order chi connectivity index (χ1) is 18.8. The van der Waals surface area contributed by atoms with E-state index in [1.54, 1.807) is 33.2 Å². The fourth-order valence-electron chi connectivity index (χ4n) is 3.94. The number of ether oxygens (including phenoxy) is 2. The molecule has 4 rings (SSSR count). The largest absolute Gasteiger partial charge is 0.487 e. The van der Waals surface area contributed by atoms with Crippen LogP contribution in [0, 0.1) is 0 Å². The van der Waals surface area contributed by atoms with Crippen LogP contribution in [0.15, 0.2) is 103 Å². The number of anilines is 1. The minimum Gasteiger partial charge on any atom is -0.487 e. The van der Waals surface area contributed by atoms with Crippen molar-refractivity contribution in [2.75, 3.05) is 5.32 Å². The first-order valence-electron chi connectivity index (χ1n) is 12.8. The van der Waals surface area contributed by atoms with Crippen molar-refractivity contribution in [1.82, 2.24) is 10.3 Å². The molecule has 7 nitrogen and oxygen atoms in total. The molecule has 1 atom stereocenters. The summed E-state index contributed by atoms with van der Waals surface area (Å²) in [6, 6.07) is 27.9. The number of hydrogen-bond acceptors (Lipinski definition) is 5. The highest BCUT2D eigenvalue weighted by Gasteiger charge is 2.26. The van der Waals surface area contributed by atoms with E-state index in [0.29, 0.717) is 18.0 Å². The number of carbonyl (C=O) groups is 2. The maximum Gasteiger partial charge on any atom is 0.408 e. The van der Waals surface area contributed by atoms with E-state index in [2.05, 4.69) is 15.6 Å². The summed E-state index contributed by atoms with van der Waals surface area (Å²) in [5.41, 5.74) is 3.53. The van der Waals surface area contributed by atoms with E-state index in [-0.39, 0.29) is 12.3 Å². The molecule has 7 heteroatoms. The van der Waals surface area contributed by atoms with Gasteiger partial charge in [0.25, 0.3) is 0 Å². The second-order valence-electron chi connectivity index (χ2n) is 10.1. The van der Waals surface area contributed by atoms with E-state index in [1.165, 1.54) is 0 Å². The van der Waals surface area contributed by atoms with Gasteiger partial charge in [-0.15, -0.1) is 0 Å². The Morgan fingerprint density at radius 1 is 0.821 bits per heavy atom. The van der Waals surface area contributed by atoms with E-state index in [4.69, 9.17) is 9.47 Å². The van der Waals surface area contributed by atoms with Crippen molar-refractivity contribution in [3.63, 3.8) is 0 Å². The van der Waals surface area contributed by atoms with Gasteiger partial charge in [0.2, 0.25) is 5.91 Å². The lowest BCUT2D eigenvalue weighted by molar-refractivity contribution is -0.118. The second-order valence-corrected chi connectivity index (χ2v) is 10.1. The van der Waals surface area contributed by atoms with Gasteiger partial charge < -0.3 is 20.1 Å². The summed E-state index contributed by atoms with van der Waals surface area (Å²) in [6.45, 7) is 5.67. The standard InChI is InChI=1S/C32H33N3O4/c1-32(2,3)39-31(37)35-28(20-23-10-6-4-7-11-23)30(36)34-27-21-26(25-16-18-33-19-17-25)14-15-29(27)38-22-24-12-8-5-9-13-24/h4-19,21,28H,20,22H2,1-3H3,(H,34,36)(H,35,37). The predicted octanol–water partition coefficient (Wildman–Crippen LogP) is 6.40. The second kappa shape index (κ2) is 12.7. The molecule has 1 aromatic heterocycles. The molecular weight excluding hydrogens is 490 g/mol. The van der Waals surface area contributed by atoms with Crippen LogP contribution in [0.1, 0.15) is 31.9 Å². The van der Waals surface area contributed by atoms with Crippen LogP contribution in [0.25, 0.3) is 11.1 Å². The van der Waals surface area contributed by atoms with Crippen molar-refractivity contribution in [2.45, 2.75) is 45.4 Å². The van der Waals surface area contributed by atoms with Crippen LogP contribution in [0.4, 0.5) is 10.5 Å². The molecule has 0 bridgehead atoms. The Morgan fingerprint density at radius 3 is 2.10 bits per heavy atom. The molecule has 1 heterocycles. The molecule has 0 aliphatic heterocycles. The Labute approximate surface area is 229 Å². The normalized spacial score (nSPS) is 11.8. The fraction of sp³-hybridized carbons (Fsp3) is 0.219. The average Bonchev–Trinajstić information content (AvgIpc) is 2.92. The molecule has 0 aliphatic carbocycles. The Bertz CT molecular complexity index is 1370. The minimum absolute atomic E-state index is 0.288. The van der Waals surface area contributed by atoms with Crippen LogP contribution in [-0.2, 0) is 22.6 Å². The van der Waals surface area contributed by atoms with Crippen molar-refractivity contribution in [2.24, 2.45) is 0 Å². The molecule has 0 aliphatic rings. The first kappa shape index (κ1) is 27.4. The molecule has 0 saturated heterocycles. The number of nitrogens with one attached hydrogen (secondary N) is 2. The van der Waals surface area contributed by atoms with Crippen LogP contribution in [0.2, 0.25) is 0 Å². The van der Waals surface area contributed by atoms with E-state index in [0.717, 1.165) is 22.3 Å². The zero-order chi connectivity index (χ0) is 27.7. The first-order valence-corrected chi connectivity index (χ1v) is 12.8. The molecule has 2 amide bonds. The van der Waals surface area contributed by atoms with E-state index in [9.17, 15) is 9.59 Å². The molecule has 39 heavy (non-hydrogen) atoms. The lowest BCUT2D eigenvalue weighted by Crippen LogP contribution is -2.47. The van der Waals surface area contributed by atoms with Crippen LogP contribution in [-0.4, -0.2) is 28.6 Å². The molecule has 4 aromatic rings. The van der Waals surface area contributed by atoms with Gasteiger partial charge in [-0.1, -0.05) is 66.7 Å². The van der Waals surface area contributed by atoms with Gasteiger partial charge in [0.15, 0.2) is 0 Å². The van der Waals surface area contributed by atoms with E-state index < -0.39 is 17.7 Å². The van der Waals surface area contributed by atoms with Crippen LogP contribution < -0.4 is 15.4 Å². The Balaban J connectivity index is 1.61. The van der Waals surface area contributed by atoms with E-state index in [1.807, 2.05) is 91.0 Å².